The monoisotopic (exact) mass is 861 g/mol. The van der Waals surface area contributed by atoms with Gasteiger partial charge in [-0.15, -0.1) is 0 Å². The average molecular weight is 861 g/mol. The summed E-state index contributed by atoms with van der Waals surface area (Å²) < 4.78 is 16.7. The number of carbonyl (C=O) groups excluding carboxylic acids is 3. The lowest BCUT2D eigenvalue weighted by Crippen LogP contribution is -2.30. The molecule has 0 aliphatic carbocycles. The Hall–Kier alpha value is -3.67. The molecule has 0 heterocycles. The topological polar surface area (TPSA) is 78.9 Å². The van der Waals surface area contributed by atoms with Crippen LogP contribution in [0.25, 0.3) is 0 Å². The summed E-state index contributed by atoms with van der Waals surface area (Å²) in [6, 6.07) is 0. The molecule has 0 aromatic carbocycles. The van der Waals surface area contributed by atoms with E-state index in [4.69, 9.17) is 14.2 Å². The third-order valence-corrected chi connectivity index (χ3v) is 10.3. The Morgan fingerprint density at radius 3 is 1.08 bits per heavy atom. The molecule has 0 aromatic heterocycles. The first-order valence-corrected chi connectivity index (χ1v) is 25.2. The number of hydrogen-bond acceptors (Lipinski definition) is 6. The largest absolute Gasteiger partial charge is 0.462 e. The zero-order chi connectivity index (χ0) is 45.1. The Kier molecular flexibility index (Phi) is 47.0. The van der Waals surface area contributed by atoms with Crippen molar-refractivity contribution in [2.75, 3.05) is 13.2 Å². The summed E-state index contributed by atoms with van der Waals surface area (Å²) in [6.45, 7) is 6.37. The van der Waals surface area contributed by atoms with Crippen molar-refractivity contribution < 1.29 is 28.6 Å². The summed E-state index contributed by atoms with van der Waals surface area (Å²) in [7, 11) is 0. The molecule has 0 saturated heterocycles. The molecular weight excluding hydrogens is 769 g/mol. The standard InChI is InChI=1S/C56H92O6/c1-4-7-10-13-16-19-22-25-26-27-28-29-30-32-34-37-40-43-46-49-55(58)61-52-53(51-60-54(57)48-45-42-39-36-33-24-21-18-15-12-9-6-3)62-56(59)50-47-44-41-38-35-31-23-20-17-14-11-8-5-2/h7,10-11,14,16,18-21,23,25-26,28-29,32,34,53H,4-6,8-9,12-13,15,17,22,24,27,30-31,33,35-52H2,1-3H3/b10-7-,14-11-,19-16-,21-18-,23-20-,26-25-,29-28-,34-32-. The lowest BCUT2D eigenvalue weighted by Gasteiger charge is -2.18. The number of carbonyl (C=O) groups is 3. The van der Waals surface area contributed by atoms with Crippen LogP contribution in [0.15, 0.2) is 97.2 Å². The molecule has 0 fully saturated rings. The molecule has 62 heavy (non-hydrogen) atoms. The lowest BCUT2D eigenvalue weighted by atomic mass is 10.1. The van der Waals surface area contributed by atoms with Gasteiger partial charge in [-0.2, -0.15) is 0 Å². The van der Waals surface area contributed by atoms with Crippen molar-refractivity contribution in [3.05, 3.63) is 97.2 Å². The van der Waals surface area contributed by atoms with Crippen LogP contribution >= 0.6 is 0 Å². The quantitative estimate of drug-likeness (QED) is 0.0263. The molecule has 0 aliphatic rings. The molecule has 0 bridgehead atoms. The van der Waals surface area contributed by atoms with E-state index >= 15 is 0 Å². The maximum absolute atomic E-state index is 12.8. The zero-order valence-electron chi connectivity index (χ0n) is 40.1. The van der Waals surface area contributed by atoms with Crippen molar-refractivity contribution >= 4 is 17.9 Å². The third-order valence-electron chi connectivity index (χ3n) is 10.3. The van der Waals surface area contributed by atoms with Crippen LogP contribution in [0.3, 0.4) is 0 Å². The third kappa shape index (κ3) is 47.4. The first-order chi connectivity index (χ1) is 30.5. The van der Waals surface area contributed by atoms with Gasteiger partial charge in [-0.25, -0.2) is 0 Å². The van der Waals surface area contributed by atoms with Gasteiger partial charge in [-0.1, -0.05) is 182 Å². The van der Waals surface area contributed by atoms with Crippen LogP contribution in [0.2, 0.25) is 0 Å². The van der Waals surface area contributed by atoms with Crippen LogP contribution in [0.5, 0.6) is 0 Å². The van der Waals surface area contributed by atoms with Gasteiger partial charge in [0.2, 0.25) is 0 Å². The highest BCUT2D eigenvalue weighted by Crippen LogP contribution is 2.13. The molecule has 0 rings (SSSR count). The molecule has 1 unspecified atom stereocenters. The molecule has 6 nitrogen and oxygen atoms in total. The van der Waals surface area contributed by atoms with Crippen molar-refractivity contribution in [3.8, 4) is 0 Å². The molecule has 1 atom stereocenters. The number of unbranched alkanes of at least 4 members (excludes halogenated alkanes) is 17. The van der Waals surface area contributed by atoms with E-state index in [1.807, 2.05) is 0 Å². The predicted octanol–water partition coefficient (Wildman–Crippen LogP) is 16.6. The minimum Gasteiger partial charge on any atom is -0.462 e. The zero-order valence-corrected chi connectivity index (χ0v) is 40.1. The van der Waals surface area contributed by atoms with Gasteiger partial charge in [0.05, 0.1) is 0 Å². The van der Waals surface area contributed by atoms with E-state index < -0.39 is 6.10 Å². The van der Waals surface area contributed by atoms with Crippen LogP contribution in [0, 0.1) is 0 Å². The number of allylic oxidation sites excluding steroid dienone is 16. The fraction of sp³-hybridized carbons (Fsp3) is 0.661. The molecule has 0 aromatic rings. The van der Waals surface area contributed by atoms with Crippen molar-refractivity contribution in [3.63, 3.8) is 0 Å². The summed E-state index contributed by atoms with van der Waals surface area (Å²) in [5, 5.41) is 0. The van der Waals surface area contributed by atoms with Crippen molar-refractivity contribution in [2.24, 2.45) is 0 Å². The maximum Gasteiger partial charge on any atom is 0.306 e. The van der Waals surface area contributed by atoms with E-state index in [2.05, 4.69) is 118 Å². The molecule has 0 saturated carbocycles. The van der Waals surface area contributed by atoms with Gasteiger partial charge in [0.25, 0.3) is 0 Å². The average Bonchev–Trinajstić information content (AvgIpc) is 3.27. The van der Waals surface area contributed by atoms with E-state index in [-0.39, 0.29) is 31.1 Å². The smallest absolute Gasteiger partial charge is 0.306 e. The van der Waals surface area contributed by atoms with Crippen molar-refractivity contribution in [1.29, 1.82) is 0 Å². The number of rotatable bonds is 44. The number of ether oxygens (including phenoxy) is 3. The van der Waals surface area contributed by atoms with Gasteiger partial charge in [0, 0.05) is 19.3 Å². The summed E-state index contributed by atoms with van der Waals surface area (Å²) in [5.74, 6) is -0.961. The van der Waals surface area contributed by atoms with Gasteiger partial charge < -0.3 is 14.2 Å². The van der Waals surface area contributed by atoms with Gasteiger partial charge in [0.1, 0.15) is 13.2 Å². The minimum atomic E-state index is -0.802. The highest BCUT2D eigenvalue weighted by Gasteiger charge is 2.19. The van der Waals surface area contributed by atoms with Gasteiger partial charge in [0.15, 0.2) is 6.10 Å². The molecule has 0 N–H and O–H groups in total. The van der Waals surface area contributed by atoms with E-state index in [0.29, 0.717) is 19.3 Å². The van der Waals surface area contributed by atoms with Crippen LogP contribution in [-0.2, 0) is 28.6 Å². The van der Waals surface area contributed by atoms with Crippen LogP contribution in [-0.4, -0.2) is 37.2 Å². The van der Waals surface area contributed by atoms with Crippen LogP contribution in [0.4, 0.5) is 0 Å². The Balaban J connectivity index is 4.47. The molecule has 352 valence electrons. The fourth-order valence-electron chi connectivity index (χ4n) is 6.50. The first kappa shape index (κ1) is 58.3. The van der Waals surface area contributed by atoms with E-state index in [0.717, 1.165) is 141 Å². The Labute approximate surface area is 381 Å². The van der Waals surface area contributed by atoms with Crippen LogP contribution < -0.4 is 0 Å². The summed E-state index contributed by atoms with van der Waals surface area (Å²) in [6.07, 6.45) is 65.3. The van der Waals surface area contributed by atoms with Gasteiger partial charge in [-0.05, 0) is 116 Å². The van der Waals surface area contributed by atoms with Crippen molar-refractivity contribution in [1.82, 2.24) is 0 Å². The Bertz CT molecular complexity index is 1260. The Morgan fingerprint density at radius 2 is 0.661 bits per heavy atom. The molecule has 6 heteroatoms. The molecular formula is C56H92O6. The Morgan fingerprint density at radius 1 is 0.339 bits per heavy atom. The maximum atomic E-state index is 12.8. The van der Waals surface area contributed by atoms with Crippen molar-refractivity contribution in [2.45, 2.75) is 226 Å². The minimum absolute atomic E-state index is 0.0996. The molecule has 0 amide bonds. The van der Waals surface area contributed by atoms with E-state index in [1.165, 1.54) is 38.5 Å². The predicted molar refractivity (Wildman–Crippen MR) is 265 cm³/mol. The van der Waals surface area contributed by atoms with E-state index in [9.17, 15) is 14.4 Å². The number of hydrogen-bond donors (Lipinski definition) is 0. The second-order valence-electron chi connectivity index (χ2n) is 16.3. The first-order valence-electron chi connectivity index (χ1n) is 25.2. The summed E-state index contributed by atoms with van der Waals surface area (Å²) >= 11 is 0. The van der Waals surface area contributed by atoms with E-state index in [1.54, 1.807) is 0 Å². The normalized spacial score (nSPS) is 12.9. The molecule has 0 radical (unpaired) electrons. The second kappa shape index (κ2) is 50.0. The lowest BCUT2D eigenvalue weighted by molar-refractivity contribution is -0.167. The highest BCUT2D eigenvalue weighted by molar-refractivity contribution is 5.71. The molecule has 0 aliphatic heterocycles. The van der Waals surface area contributed by atoms with Gasteiger partial charge >= 0.3 is 17.9 Å². The van der Waals surface area contributed by atoms with Gasteiger partial charge in [-0.3, -0.25) is 14.4 Å². The summed E-state index contributed by atoms with van der Waals surface area (Å²) in [5.41, 5.74) is 0. The summed E-state index contributed by atoms with van der Waals surface area (Å²) in [4.78, 5) is 37.9. The fourth-order valence-corrected chi connectivity index (χ4v) is 6.50. The highest BCUT2D eigenvalue weighted by atomic mass is 16.6. The SMILES string of the molecule is CC/C=C\C/C=C\C/C=C\C/C=C\C/C=C\CCCCCC(=O)OCC(COC(=O)CCCCCCC/C=C\CCCCC)OC(=O)CCCCCCC/C=C\C/C=C\CCC. The number of esters is 3. The molecule has 0 spiro atoms. The second-order valence-corrected chi connectivity index (χ2v) is 16.3. The van der Waals surface area contributed by atoms with Crippen LogP contribution in [0.1, 0.15) is 220 Å².